The molecule has 2 amide bonds. The van der Waals surface area contributed by atoms with E-state index in [2.05, 4.69) is 5.32 Å². The third-order valence-electron chi connectivity index (χ3n) is 4.74. The van der Waals surface area contributed by atoms with E-state index in [1.807, 2.05) is 39.0 Å². The molecule has 0 aromatic heterocycles. The molecule has 6 heteroatoms. The summed E-state index contributed by atoms with van der Waals surface area (Å²) in [6.07, 6.45) is 0.455. The van der Waals surface area contributed by atoms with Crippen molar-refractivity contribution in [2.45, 2.75) is 39.8 Å². The van der Waals surface area contributed by atoms with Crippen molar-refractivity contribution in [3.63, 3.8) is 0 Å². The standard InChI is InChI=1S/C22H27FN2O3/c1-5-20(22(27)24-4)25(13-17-7-9-18(23)10-8-17)21(26)14-28-19-11-6-15(2)16(3)12-19/h6-12,20H,5,13-14H2,1-4H3,(H,24,27)/t20-/m1/s1. The van der Waals surface area contributed by atoms with Crippen molar-refractivity contribution in [1.82, 2.24) is 10.2 Å². The molecule has 0 fully saturated rings. The van der Waals surface area contributed by atoms with Gasteiger partial charge in [-0.1, -0.05) is 25.1 Å². The molecule has 0 saturated carbocycles. The molecule has 0 aliphatic carbocycles. The van der Waals surface area contributed by atoms with E-state index >= 15 is 0 Å². The van der Waals surface area contributed by atoms with Gasteiger partial charge in [-0.05, 0) is 61.2 Å². The van der Waals surface area contributed by atoms with Gasteiger partial charge in [0.15, 0.2) is 6.61 Å². The minimum absolute atomic E-state index is 0.183. The third kappa shape index (κ3) is 5.55. The highest BCUT2D eigenvalue weighted by molar-refractivity contribution is 5.88. The van der Waals surface area contributed by atoms with Crippen molar-refractivity contribution >= 4 is 11.8 Å². The lowest BCUT2D eigenvalue weighted by atomic mass is 10.1. The summed E-state index contributed by atoms with van der Waals surface area (Å²) in [6.45, 7) is 5.83. The molecule has 1 atom stereocenters. The Morgan fingerprint density at radius 2 is 1.79 bits per heavy atom. The molecule has 2 aromatic rings. The van der Waals surface area contributed by atoms with Crippen LogP contribution in [-0.2, 0) is 16.1 Å². The number of carbonyl (C=O) groups is 2. The fourth-order valence-electron chi connectivity index (χ4n) is 2.90. The van der Waals surface area contributed by atoms with Crippen molar-refractivity contribution in [3.05, 3.63) is 65.0 Å². The summed E-state index contributed by atoms with van der Waals surface area (Å²) in [5.41, 5.74) is 2.95. The van der Waals surface area contributed by atoms with Crippen molar-refractivity contribution in [3.8, 4) is 5.75 Å². The van der Waals surface area contributed by atoms with E-state index in [0.717, 1.165) is 16.7 Å². The number of amides is 2. The second-order valence-electron chi connectivity index (χ2n) is 6.72. The monoisotopic (exact) mass is 386 g/mol. The minimum atomic E-state index is -0.633. The van der Waals surface area contributed by atoms with Gasteiger partial charge < -0.3 is 15.0 Å². The number of rotatable bonds is 8. The molecule has 1 N–H and O–H groups in total. The lowest BCUT2D eigenvalue weighted by molar-refractivity contribution is -0.142. The predicted molar refractivity (Wildman–Crippen MR) is 107 cm³/mol. The molecule has 0 spiro atoms. The average molecular weight is 386 g/mol. The number of hydrogen-bond acceptors (Lipinski definition) is 3. The highest BCUT2D eigenvalue weighted by Gasteiger charge is 2.28. The summed E-state index contributed by atoms with van der Waals surface area (Å²) in [5, 5.41) is 2.60. The number of carbonyl (C=O) groups excluding carboxylic acids is 2. The van der Waals surface area contributed by atoms with Gasteiger partial charge in [0.2, 0.25) is 5.91 Å². The molecule has 0 bridgehead atoms. The van der Waals surface area contributed by atoms with E-state index < -0.39 is 6.04 Å². The van der Waals surface area contributed by atoms with Crippen LogP contribution in [0.2, 0.25) is 0 Å². The number of aryl methyl sites for hydroxylation is 2. The third-order valence-corrected chi connectivity index (χ3v) is 4.74. The quantitative estimate of drug-likeness (QED) is 0.757. The van der Waals surface area contributed by atoms with Crippen molar-refractivity contribution in [1.29, 1.82) is 0 Å². The summed E-state index contributed by atoms with van der Waals surface area (Å²) >= 11 is 0. The molecular weight excluding hydrogens is 359 g/mol. The first-order valence-electron chi connectivity index (χ1n) is 9.31. The van der Waals surface area contributed by atoms with Crippen molar-refractivity contribution in [2.75, 3.05) is 13.7 Å². The predicted octanol–water partition coefficient (Wildman–Crippen LogP) is 3.37. The van der Waals surface area contributed by atoms with Crippen LogP contribution in [0.3, 0.4) is 0 Å². The lowest BCUT2D eigenvalue weighted by Crippen LogP contribution is -2.49. The average Bonchev–Trinajstić information content (AvgIpc) is 2.69. The van der Waals surface area contributed by atoms with Gasteiger partial charge in [0.1, 0.15) is 17.6 Å². The van der Waals surface area contributed by atoms with Crippen LogP contribution in [0.25, 0.3) is 0 Å². The Bertz CT molecular complexity index is 821. The van der Waals surface area contributed by atoms with E-state index in [4.69, 9.17) is 4.74 Å². The van der Waals surface area contributed by atoms with Gasteiger partial charge >= 0.3 is 0 Å². The Morgan fingerprint density at radius 3 is 2.36 bits per heavy atom. The molecule has 0 aliphatic rings. The Hall–Kier alpha value is -2.89. The van der Waals surface area contributed by atoms with Gasteiger partial charge in [0.25, 0.3) is 5.91 Å². The molecule has 5 nitrogen and oxygen atoms in total. The van der Waals surface area contributed by atoms with E-state index in [0.29, 0.717) is 12.2 Å². The zero-order valence-corrected chi connectivity index (χ0v) is 16.8. The van der Waals surface area contributed by atoms with Crippen LogP contribution in [0, 0.1) is 19.7 Å². The van der Waals surface area contributed by atoms with Crippen LogP contribution in [0.4, 0.5) is 4.39 Å². The molecule has 0 aliphatic heterocycles. The normalized spacial score (nSPS) is 11.6. The van der Waals surface area contributed by atoms with Crippen LogP contribution in [0.5, 0.6) is 5.75 Å². The van der Waals surface area contributed by atoms with E-state index in [1.54, 1.807) is 12.1 Å². The lowest BCUT2D eigenvalue weighted by Gasteiger charge is -2.30. The van der Waals surface area contributed by atoms with Crippen LogP contribution in [0.15, 0.2) is 42.5 Å². The molecule has 0 saturated heterocycles. The number of nitrogens with one attached hydrogen (secondary N) is 1. The first kappa shape index (κ1) is 21.4. The number of likely N-dealkylation sites (N-methyl/N-ethyl adjacent to an activating group) is 1. The van der Waals surface area contributed by atoms with Gasteiger partial charge in [-0.3, -0.25) is 9.59 Å². The Morgan fingerprint density at radius 1 is 1.11 bits per heavy atom. The van der Waals surface area contributed by atoms with Crippen LogP contribution in [0.1, 0.15) is 30.0 Å². The topological polar surface area (TPSA) is 58.6 Å². The van der Waals surface area contributed by atoms with Crippen LogP contribution in [-0.4, -0.2) is 36.4 Å². The van der Waals surface area contributed by atoms with E-state index in [9.17, 15) is 14.0 Å². The minimum Gasteiger partial charge on any atom is -0.484 e. The molecule has 150 valence electrons. The number of halogens is 1. The highest BCUT2D eigenvalue weighted by atomic mass is 19.1. The molecule has 0 unspecified atom stereocenters. The van der Waals surface area contributed by atoms with Gasteiger partial charge in [-0.25, -0.2) is 4.39 Å². The molecule has 28 heavy (non-hydrogen) atoms. The summed E-state index contributed by atoms with van der Waals surface area (Å²) in [7, 11) is 1.54. The molecule has 0 heterocycles. The Kier molecular flexibility index (Phi) is 7.55. The maximum atomic E-state index is 13.2. The van der Waals surface area contributed by atoms with E-state index in [1.165, 1.54) is 24.1 Å². The van der Waals surface area contributed by atoms with Gasteiger partial charge in [-0.2, -0.15) is 0 Å². The number of ether oxygens (including phenoxy) is 1. The highest BCUT2D eigenvalue weighted by Crippen LogP contribution is 2.18. The second-order valence-corrected chi connectivity index (χ2v) is 6.72. The first-order valence-corrected chi connectivity index (χ1v) is 9.31. The maximum absolute atomic E-state index is 13.2. The zero-order chi connectivity index (χ0) is 20.7. The van der Waals surface area contributed by atoms with Gasteiger partial charge in [0, 0.05) is 13.6 Å². The Labute approximate surface area is 165 Å². The summed E-state index contributed by atoms with van der Waals surface area (Å²) in [6, 6.07) is 10.9. The van der Waals surface area contributed by atoms with Crippen molar-refractivity contribution in [2.24, 2.45) is 0 Å². The molecule has 2 rings (SSSR count). The zero-order valence-electron chi connectivity index (χ0n) is 16.8. The van der Waals surface area contributed by atoms with Crippen LogP contribution >= 0.6 is 0 Å². The summed E-state index contributed by atoms with van der Waals surface area (Å²) in [4.78, 5) is 26.7. The second kappa shape index (κ2) is 9.88. The maximum Gasteiger partial charge on any atom is 0.261 e. The SMILES string of the molecule is CC[C@H](C(=O)NC)N(Cc1ccc(F)cc1)C(=O)COc1ccc(C)c(C)c1. The van der Waals surface area contributed by atoms with Gasteiger partial charge in [-0.15, -0.1) is 0 Å². The molecule has 0 radical (unpaired) electrons. The summed E-state index contributed by atoms with van der Waals surface area (Å²) < 4.78 is 18.9. The van der Waals surface area contributed by atoms with E-state index in [-0.39, 0.29) is 30.8 Å². The fraction of sp³-hybridized carbons (Fsp3) is 0.364. The fourth-order valence-corrected chi connectivity index (χ4v) is 2.90. The number of benzene rings is 2. The Balaban J connectivity index is 2.18. The molecular formula is C22H27FN2O3. The number of hydrogen-bond donors (Lipinski definition) is 1. The summed E-state index contributed by atoms with van der Waals surface area (Å²) in [5.74, 6) is -0.300. The van der Waals surface area contributed by atoms with Crippen LogP contribution < -0.4 is 10.1 Å². The largest absolute Gasteiger partial charge is 0.484 e. The van der Waals surface area contributed by atoms with Crippen molar-refractivity contribution < 1.29 is 18.7 Å². The van der Waals surface area contributed by atoms with Gasteiger partial charge in [0.05, 0.1) is 0 Å². The first-order chi connectivity index (χ1) is 13.3. The number of nitrogens with zero attached hydrogens (tertiary/aromatic N) is 1. The molecule has 2 aromatic carbocycles. The smallest absolute Gasteiger partial charge is 0.261 e.